The van der Waals surface area contributed by atoms with E-state index in [0.29, 0.717) is 13.0 Å². The van der Waals surface area contributed by atoms with E-state index in [2.05, 4.69) is 27.8 Å². The van der Waals surface area contributed by atoms with Gasteiger partial charge in [-0.05, 0) is 31.2 Å². The number of hydrogen-bond donors (Lipinski definition) is 0. The summed E-state index contributed by atoms with van der Waals surface area (Å²) in [5, 5.41) is 0. The van der Waals surface area contributed by atoms with Crippen molar-refractivity contribution in [3.8, 4) is 5.75 Å². The molecule has 1 aromatic rings. The summed E-state index contributed by atoms with van der Waals surface area (Å²) in [6.45, 7) is 7.53. The summed E-state index contributed by atoms with van der Waals surface area (Å²) in [5.41, 5.74) is 0. The molecule has 0 saturated carbocycles. The van der Waals surface area contributed by atoms with Crippen molar-refractivity contribution in [3.63, 3.8) is 0 Å². The van der Waals surface area contributed by atoms with E-state index in [1.54, 1.807) is 0 Å². The standard InChI is InChI=1S/C16H23BrN2O2/c1-2-18-8-10-19(11-9-18)16(20)7-4-12-21-15-6-3-5-14(17)13-15/h3,5-6,13H,2,4,7-12H2,1H3. The molecule has 4 nitrogen and oxygen atoms in total. The number of carbonyl (C=O) groups is 1. The number of benzene rings is 1. The largest absolute Gasteiger partial charge is 0.494 e. The molecule has 5 heteroatoms. The molecule has 1 aliphatic heterocycles. The summed E-state index contributed by atoms with van der Waals surface area (Å²) in [6.07, 6.45) is 1.33. The fourth-order valence-electron chi connectivity index (χ4n) is 2.44. The minimum absolute atomic E-state index is 0.253. The highest BCUT2D eigenvalue weighted by atomic mass is 79.9. The van der Waals surface area contributed by atoms with Gasteiger partial charge in [0.25, 0.3) is 0 Å². The van der Waals surface area contributed by atoms with Crippen molar-refractivity contribution in [2.75, 3.05) is 39.3 Å². The third kappa shape index (κ3) is 5.32. The van der Waals surface area contributed by atoms with Gasteiger partial charge in [0.05, 0.1) is 6.61 Å². The average Bonchev–Trinajstić information content (AvgIpc) is 2.51. The molecule has 1 heterocycles. The van der Waals surface area contributed by atoms with Gasteiger partial charge in [-0.25, -0.2) is 0 Å². The van der Waals surface area contributed by atoms with Crippen LogP contribution in [0.25, 0.3) is 0 Å². The summed E-state index contributed by atoms with van der Waals surface area (Å²) < 4.78 is 6.65. The van der Waals surface area contributed by atoms with Crippen molar-refractivity contribution >= 4 is 21.8 Å². The number of likely N-dealkylation sites (N-methyl/N-ethyl adjacent to an activating group) is 1. The van der Waals surface area contributed by atoms with Crippen molar-refractivity contribution in [2.24, 2.45) is 0 Å². The van der Waals surface area contributed by atoms with Gasteiger partial charge in [-0.15, -0.1) is 0 Å². The highest BCUT2D eigenvalue weighted by molar-refractivity contribution is 9.10. The van der Waals surface area contributed by atoms with Crippen LogP contribution in [-0.4, -0.2) is 55.0 Å². The summed E-state index contributed by atoms with van der Waals surface area (Å²) >= 11 is 3.41. The lowest BCUT2D eigenvalue weighted by Gasteiger charge is -2.34. The second kappa shape index (κ2) is 8.39. The molecule has 0 spiro atoms. The Balaban J connectivity index is 1.63. The predicted molar refractivity (Wildman–Crippen MR) is 87.6 cm³/mol. The lowest BCUT2D eigenvalue weighted by atomic mass is 10.2. The van der Waals surface area contributed by atoms with E-state index in [1.165, 1.54) is 0 Å². The quantitative estimate of drug-likeness (QED) is 0.736. The van der Waals surface area contributed by atoms with E-state index < -0.39 is 0 Å². The fraction of sp³-hybridized carbons (Fsp3) is 0.562. The van der Waals surface area contributed by atoms with Crippen molar-refractivity contribution in [1.82, 2.24) is 9.80 Å². The molecule has 1 saturated heterocycles. The van der Waals surface area contributed by atoms with Crippen molar-refractivity contribution in [2.45, 2.75) is 19.8 Å². The summed E-state index contributed by atoms with van der Waals surface area (Å²) in [4.78, 5) is 16.5. The third-order valence-electron chi connectivity index (χ3n) is 3.77. The van der Waals surface area contributed by atoms with Gasteiger partial charge in [-0.2, -0.15) is 0 Å². The lowest BCUT2D eigenvalue weighted by Crippen LogP contribution is -2.48. The van der Waals surface area contributed by atoms with Crippen LogP contribution in [0, 0.1) is 0 Å². The molecule has 21 heavy (non-hydrogen) atoms. The first-order chi connectivity index (χ1) is 10.2. The smallest absolute Gasteiger partial charge is 0.222 e. The maximum absolute atomic E-state index is 12.1. The molecule has 2 rings (SSSR count). The number of hydrogen-bond acceptors (Lipinski definition) is 3. The maximum Gasteiger partial charge on any atom is 0.222 e. The maximum atomic E-state index is 12.1. The van der Waals surface area contributed by atoms with Crippen molar-refractivity contribution in [1.29, 1.82) is 0 Å². The number of halogens is 1. The molecule has 116 valence electrons. The molecule has 1 amide bonds. The van der Waals surface area contributed by atoms with Gasteiger partial charge in [-0.3, -0.25) is 4.79 Å². The third-order valence-corrected chi connectivity index (χ3v) is 4.27. The summed E-state index contributed by atoms with van der Waals surface area (Å²) in [6, 6.07) is 7.77. The summed E-state index contributed by atoms with van der Waals surface area (Å²) in [5.74, 6) is 1.09. The minimum atomic E-state index is 0.253. The number of piperazine rings is 1. The van der Waals surface area contributed by atoms with E-state index in [9.17, 15) is 4.79 Å². The number of amides is 1. The second-order valence-corrected chi connectivity index (χ2v) is 6.14. The predicted octanol–water partition coefficient (Wildman–Crippen LogP) is 2.77. The van der Waals surface area contributed by atoms with Crippen LogP contribution in [0.4, 0.5) is 0 Å². The van der Waals surface area contributed by atoms with Crippen LogP contribution < -0.4 is 4.74 Å². The Hall–Kier alpha value is -1.07. The first kappa shape index (κ1) is 16.3. The van der Waals surface area contributed by atoms with Crippen LogP contribution in [0.1, 0.15) is 19.8 Å². The Morgan fingerprint density at radius 2 is 2.05 bits per heavy atom. The van der Waals surface area contributed by atoms with Gasteiger partial charge in [-0.1, -0.05) is 28.9 Å². The zero-order valence-corrected chi connectivity index (χ0v) is 14.1. The molecule has 0 aliphatic carbocycles. The monoisotopic (exact) mass is 354 g/mol. The van der Waals surface area contributed by atoms with Crippen LogP contribution in [-0.2, 0) is 4.79 Å². The number of ether oxygens (including phenoxy) is 1. The highest BCUT2D eigenvalue weighted by Gasteiger charge is 2.19. The van der Waals surface area contributed by atoms with Crippen LogP contribution >= 0.6 is 15.9 Å². The fourth-order valence-corrected chi connectivity index (χ4v) is 2.82. The van der Waals surface area contributed by atoms with Gasteiger partial charge in [0.2, 0.25) is 5.91 Å². The molecule has 0 atom stereocenters. The van der Waals surface area contributed by atoms with E-state index in [-0.39, 0.29) is 5.91 Å². The zero-order chi connectivity index (χ0) is 15.1. The molecule has 0 unspecified atom stereocenters. The van der Waals surface area contributed by atoms with E-state index in [0.717, 1.165) is 49.4 Å². The number of carbonyl (C=O) groups excluding carboxylic acids is 1. The molecule has 0 bridgehead atoms. The van der Waals surface area contributed by atoms with Gasteiger partial charge in [0.1, 0.15) is 5.75 Å². The van der Waals surface area contributed by atoms with E-state index in [1.807, 2.05) is 29.2 Å². The highest BCUT2D eigenvalue weighted by Crippen LogP contribution is 2.18. The topological polar surface area (TPSA) is 32.8 Å². The van der Waals surface area contributed by atoms with Gasteiger partial charge >= 0.3 is 0 Å². The zero-order valence-electron chi connectivity index (χ0n) is 12.6. The molecular formula is C16H23BrN2O2. The number of nitrogens with zero attached hydrogens (tertiary/aromatic N) is 2. The van der Waals surface area contributed by atoms with Gasteiger partial charge in [0.15, 0.2) is 0 Å². The lowest BCUT2D eigenvalue weighted by molar-refractivity contribution is -0.133. The SMILES string of the molecule is CCN1CCN(C(=O)CCCOc2cccc(Br)c2)CC1. The van der Waals surface area contributed by atoms with Crippen molar-refractivity contribution < 1.29 is 9.53 Å². The van der Waals surface area contributed by atoms with Crippen LogP contribution in [0.5, 0.6) is 5.75 Å². The molecule has 0 N–H and O–H groups in total. The molecule has 1 aromatic carbocycles. The van der Waals surface area contributed by atoms with Crippen LogP contribution in [0.15, 0.2) is 28.7 Å². The minimum Gasteiger partial charge on any atom is -0.494 e. The van der Waals surface area contributed by atoms with E-state index in [4.69, 9.17) is 4.74 Å². The first-order valence-electron chi connectivity index (χ1n) is 7.57. The van der Waals surface area contributed by atoms with Gasteiger partial charge < -0.3 is 14.5 Å². The Labute approximate surface area is 135 Å². The Morgan fingerprint density at radius 3 is 2.71 bits per heavy atom. The average molecular weight is 355 g/mol. The van der Waals surface area contributed by atoms with Crippen molar-refractivity contribution in [3.05, 3.63) is 28.7 Å². The Morgan fingerprint density at radius 1 is 1.29 bits per heavy atom. The summed E-state index contributed by atoms with van der Waals surface area (Å²) in [7, 11) is 0. The molecule has 0 aromatic heterocycles. The van der Waals surface area contributed by atoms with Crippen LogP contribution in [0.2, 0.25) is 0 Å². The molecule has 0 radical (unpaired) electrons. The Kier molecular flexibility index (Phi) is 6.51. The normalized spacial score (nSPS) is 16.0. The van der Waals surface area contributed by atoms with Crippen LogP contribution in [0.3, 0.4) is 0 Å². The molecule has 1 aliphatic rings. The van der Waals surface area contributed by atoms with E-state index >= 15 is 0 Å². The molecule has 1 fully saturated rings. The molecular weight excluding hydrogens is 332 g/mol. The second-order valence-electron chi connectivity index (χ2n) is 5.22. The first-order valence-corrected chi connectivity index (χ1v) is 8.37. The number of rotatable bonds is 6. The van der Waals surface area contributed by atoms with Gasteiger partial charge in [0, 0.05) is 37.1 Å². The Bertz CT molecular complexity index is 459.